The van der Waals surface area contributed by atoms with Crippen LogP contribution >= 0.6 is 0 Å². The van der Waals surface area contributed by atoms with Crippen molar-refractivity contribution in [1.29, 1.82) is 5.26 Å². The molecule has 0 aromatic carbocycles. The molecule has 0 N–H and O–H groups in total. The lowest BCUT2D eigenvalue weighted by molar-refractivity contribution is -0.141. The number of halogens is 3. The summed E-state index contributed by atoms with van der Waals surface area (Å²) in [5, 5.41) is 11.7. The van der Waals surface area contributed by atoms with E-state index >= 15 is 0 Å². The third kappa shape index (κ3) is 4.62. The Labute approximate surface area is 108 Å². The maximum Gasteiger partial charge on any atom is 0.435 e. The molecule has 1 heterocycles. The first-order valence-electron chi connectivity index (χ1n) is 5.56. The lowest BCUT2D eigenvalue weighted by atomic mass is 10.3. The Hall–Kier alpha value is -2.04. The average Bonchev–Trinajstić information content (AvgIpc) is 2.81. The van der Waals surface area contributed by atoms with Gasteiger partial charge in [-0.1, -0.05) is 0 Å². The standard InChI is InChI=1S/C11H13F3N4O/c1-17(6-2-5-15)10(19)4-8-18-7-3-9(16-18)11(12,13)14/h3,7H,2,4,6,8H2,1H3. The minimum Gasteiger partial charge on any atom is -0.345 e. The van der Waals surface area contributed by atoms with E-state index in [9.17, 15) is 18.0 Å². The first-order valence-corrected chi connectivity index (χ1v) is 5.56. The highest BCUT2D eigenvalue weighted by molar-refractivity contribution is 5.75. The Bertz CT molecular complexity index is 475. The topological polar surface area (TPSA) is 61.9 Å². The van der Waals surface area contributed by atoms with Gasteiger partial charge in [-0.15, -0.1) is 0 Å². The van der Waals surface area contributed by atoms with Crippen LogP contribution in [0.2, 0.25) is 0 Å². The number of rotatable bonds is 5. The minimum absolute atomic E-state index is 0.0426. The number of nitriles is 1. The molecule has 8 heteroatoms. The van der Waals surface area contributed by atoms with Gasteiger partial charge in [0.05, 0.1) is 12.5 Å². The number of amides is 1. The maximum absolute atomic E-state index is 12.3. The van der Waals surface area contributed by atoms with Gasteiger partial charge in [0, 0.05) is 32.8 Å². The van der Waals surface area contributed by atoms with Crippen molar-refractivity contribution in [2.24, 2.45) is 0 Å². The van der Waals surface area contributed by atoms with Gasteiger partial charge in [0.25, 0.3) is 0 Å². The maximum atomic E-state index is 12.3. The molecule has 1 rings (SSSR count). The van der Waals surface area contributed by atoms with Gasteiger partial charge in [-0.05, 0) is 6.07 Å². The summed E-state index contributed by atoms with van der Waals surface area (Å²) < 4.78 is 37.9. The summed E-state index contributed by atoms with van der Waals surface area (Å²) in [6.45, 7) is 0.383. The zero-order valence-electron chi connectivity index (χ0n) is 10.3. The SMILES string of the molecule is CN(CCC#N)C(=O)CCn1ccc(C(F)(F)F)n1. The van der Waals surface area contributed by atoms with Crippen LogP contribution in [-0.2, 0) is 17.5 Å². The van der Waals surface area contributed by atoms with Crippen molar-refractivity contribution in [2.75, 3.05) is 13.6 Å². The van der Waals surface area contributed by atoms with E-state index in [1.54, 1.807) is 7.05 Å². The number of carbonyl (C=O) groups is 1. The van der Waals surface area contributed by atoms with E-state index in [1.807, 2.05) is 6.07 Å². The van der Waals surface area contributed by atoms with Crippen molar-refractivity contribution in [3.05, 3.63) is 18.0 Å². The highest BCUT2D eigenvalue weighted by Gasteiger charge is 2.33. The van der Waals surface area contributed by atoms with Crippen LogP contribution in [0.25, 0.3) is 0 Å². The van der Waals surface area contributed by atoms with Gasteiger partial charge in [0.2, 0.25) is 5.91 Å². The van der Waals surface area contributed by atoms with Gasteiger partial charge in [0.15, 0.2) is 5.69 Å². The highest BCUT2D eigenvalue weighted by atomic mass is 19.4. The lowest BCUT2D eigenvalue weighted by Crippen LogP contribution is -2.28. The summed E-state index contributed by atoms with van der Waals surface area (Å²) in [5.74, 6) is -0.237. The minimum atomic E-state index is -4.47. The molecule has 0 aliphatic heterocycles. The first kappa shape index (κ1) is 15.0. The summed E-state index contributed by atoms with van der Waals surface area (Å²) >= 11 is 0. The summed E-state index contributed by atoms with van der Waals surface area (Å²) in [4.78, 5) is 13.0. The Kier molecular flexibility index (Phi) is 4.92. The molecule has 0 fully saturated rings. The number of nitrogens with zero attached hydrogens (tertiary/aromatic N) is 4. The van der Waals surface area contributed by atoms with Crippen LogP contribution in [-0.4, -0.2) is 34.2 Å². The predicted octanol–water partition coefficient (Wildman–Crippen LogP) is 1.66. The second kappa shape index (κ2) is 6.22. The predicted molar refractivity (Wildman–Crippen MR) is 59.7 cm³/mol. The van der Waals surface area contributed by atoms with Gasteiger partial charge < -0.3 is 4.90 Å². The normalized spacial score (nSPS) is 11.1. The molecule has 1 aromatic rings. The largest absolute Gasteiger partial charge is 0.435 e. The quantitative estimate of drug-likeness (QED) is 0.820. The van der Waals surface area contributed by atoms with Crippen molar-refractivity contribution < 1.29 is 18.0 Å². The van der Waals surface area contributed by atoms with Crippen LogP contribution in [0.3, 0.4) is 0 Å². The van der Waals surface area contributed by atoms with Crippen LogP contribution < -0.4 is 0 Å². The molecule has 0 atom stereocenters. The van der Waals surface area contributed by atoms with Gasteiger partial charge in [0.1, 0.15) is 0 Å². The van der Waals surface area contributed by atoms with E-state index in [4.69, 9.17) is 5.26 Å². The van der Waals surface area contributed by atoms with Crippen molar-refractivity contribution >= 4 is 5.91 Å². The van der Waals surface area contributed by atoms with E-state index in [0.29, 0.717) is 6.54 Å². The molecule has 19 heavy (non-hydrogen) atoms. The molecule has 0 saturated heterocycles. The molecule has 0 bridgehead atoms. The molecule has 0 saturated carbocycles. The van der Waals surface area contributed by atoms with Crippen molar-refractivity contribution in [3.8, 4) is 6.07 Å². The van der Waals surface area contributed by atoms with Crippen LogP contribution in [0.4, 0.5) is 13.2 Å². The number of aromatic nitrogens is 2. The molecular formula is C11H13F3N4O. The fourth-order valence-corrected chi connectivity index (χ4v) is 1.38. The van der Waals surface area contributed by atoms with Crippen molar-refractivity contribution in [2.45, 2.75) is 25.6 Å². The number of aryl methyl sites for hydroxylation is 1. The number of alkyl halides is 3. The highest BCUT2D eigenvalue weighted by Crippen LogP contribution is 2.27. The molecule has 0 spiro atoms. The van der Waals surface area contributed by atoms with Gasteiger partial charge in [-0.3, -0.25) is 9.48 Å². The Morgan fingerprint density at radius 3 is 2.79 bits per heavy atom. The molecule has 1 aromatic heterocycles. The molecule has 104 valence electrons. The fourth-order valence-electron chi connectivity index (χ4n) is 1.38. The zero-order valence-corrected chi connectivity index (χ0v) is 10.3. The second-order valence-electron chi connectivity index (χ2n) is 3.94. The molecule has 0 aliphatic carbocycles. The van der Waals surface area contributed by atoms with E-state index in [-0.39, 0.29) is 25.3 Å². The molecule has 0 unspecified atom stereocenters. The lowest BCUT2D eigenvalue weighted by Gasteiger charge is -2.15. The third-order valence-electron chi connectivity index (χ3n) is 2.47. The van der Waals surface area contributed by atoms with Gasteiger partial charge in [-0.25, -0.2) is 0 Å². The smallest absolute Gasteiger partial charge is 0.345 e. The first-order chi connectivity index (χ1) is 8.84. The van der Waals surface area contributed by atoms with Crippen LogP contribution in [0.1, 0.15) is 18.5 Å². The van der Waals surface area contributed by atoms with Crippen LogP contribution in [0.15, 0.2) is 12.3 Å². The Balaban J connectivity index is 2.47. The van der Waals surface area contributed by atoms with Crippen LogP contribution in [0, 0.1) is 11.3 Å². The molecule has 0 radical (unpaired) electrons. The summed E-state index contributed by atoms with van der Waals surface area (Å²) in [7, 11) is 1.55. The third-order valence-corrected chi connectivity index (χ3v) is 2.47. The van der Waals surface area contributed by atoms with Gasteiger partial charge in [-0.2, -0.15) is 23.5 Å². The van der Waals surface area contributed by atoms with Crippen molar-refractivity contribution in [1.82, 2.24) is 14.7 Å². The zero-order chi connectivity index (χ0) is 14.5. The summed E-state index contributed by atoms with van der Waals surface area (Å²) in [6.07, 6.45) is -3.02. The van der Waals surface area contributed by atoms with Gasteiger partial charge >= 0.3 is 6.18 Å². The molecular weight excluding hydrogens is 261 g/mol. The van der Waals surface area contributed by atoms with E-state index in [2.05, 4.69) is 5.10 Å². The summed E-state index contributed by atoms with van der Waals surface area (Å²) in [5.41, 5.74) is -0.974. The molecule has 1 amide bonds. The summed E-state index contributed by atoms with van der Waals surface area (Å²) in [6, 6.07) is 2.78. The van der Waals surface area contributed by atoms with Crippen LogP contribution in [0.5, 0.6) is 0 Å². The Morgan fingerprint density at radius 2 is 2.26 bits per heavy atom. The average molecular weight is 274 g/mol. The fraction of sp³-hybridized carbons (Fsp3) is 0.545. The number of hydrogen-bond donors (Lipinski definition) is 0. The van der Waals surface area contributed by atoms with E-state index < -0.39 is 11.9 Å². The van der Waals surface area contributed by atoms with E-state index in [0.717, 1.165) is 10.7 Å². The monoisotopic (exact) mass is 274 g/mol. The molecule has 0 aliphatic rings. The number of carbonyl (C=O) groups excluding carboxylic acids is 1. The number of hydrogen-bond acceptors (Lipinski definition) is 3. The second-order valence-corrected chi connectivity index (χ2v) is 3.94. The van der Waals surface area contributed by atoms with Crippen molar-refractivity contribution in [3.63, 3.8) is 0 Å². The molecule has 5 nitrogen and oxygen atoms in total. The van der Waals surface area contributed by atoms with E-state index in [1.165, 1.54) is 11.1 Å². The Morgan fingerprint density at radius 1 is 1.58 bits per heavy atom.